The highest BCUT2D eigenvalue weighted by atomic mass is 16.5. The average Bonchev–Trinajstić information content (AvgIpc) is 2.37. The molecule has 1 heterocycles. The van der Waals surface area contributed by atoms with Crippen molar-refractivity contribution in [1.29, 1.82) is 0 Å². The zero-order valence-corrected chi connectivity index (χ0v) is 10.5. The fourth-order valence-electron chi connectivity index (χ4n) is 1.68. The number of carboxylic acid groups (broad SMARTS) is 1. The van der Waals surface area contributed by atoms with Gasteiger partial charge < -0.3 is 19.6 Å². The SMILES string of the molecule is COc1ccc2c(N[C@@H](C)C(=O)O)cc(=O)oc2c1. The van der Waals surface area contributed by atoms with Crippen LogP contribution in [0.15, 0.2) is 33.5 Å². The van der Waals surface area contributed by atoms with E-state index in [9.17, 15) is 9.59 Å². The van der Waals surface area contributed by atoms with E-state index in [0.29, 0.717) is 22.4 Å². The van der Waals surface area contributed by atoms with Crippen LogP contribution in [-0.4, -0.2) is 24.2 Å². The van der Waals surface area contributed by atoms with E-state index in [2.05, 4.69) is 5.32 Å². The molecule has 100 valence electrons. The van der Waals surface area contributed by atoms with Crippen LogP contribution < -0.4 is 15.7 Å². The van der Waals surface area contributed by atoms with E-state index in [0.717, 1.165) is 0 Å². The van der Waals surface area contributed by atoms with E-state index in [-0.39, 0.29) is 0 Å². The summed E-state index contributed by atoms with van der Waals surface area (Å²) in [6.45, 7) is 1.49. The number of carbonyl (C=O) groups is 1. The van der Waals surface area contributed by atoms with Gasteiger partial charge in [-0.25, -0.2) is 4.79 Å². The first-order chi connectivity index (χ1) is 9.01. The molecule has 0 fully saturated rings. The van der Waals surface area contributed by atoms with Crippen molar-refractivity contribution in [3.05, 3.63) is 34.7 Å². The van der Waals surface area contributed by atoms with E-state index in [4.69, 9.17) is 14.3 Å². The average molecular weight is 263 g/mol. The van der Waals surface area contributed by atoms with Crippen LogP contribution in [0, 0.1) is 0 Å². The van der Waals surface area contributed by atoms with Crippen molar-refractivity contribution >= 4 is 22.6 Å². The van der Waals surface area contributed by atoms with E-state index in [1.807, 2.05) is 0 Å². The van der Waals surface area contributed by atoms with E-state index < -0.39 is 17.6 Å². The highest BCUT2D eigenvalue weighted by molar-refractivity contribution is 5.92. The second kappa shape index (κ2) is 5.01. The van der Waals surface area contributed by atoms with Gasteiger partial charge in [0.1, 0.15) is 17.4 Å². The Morgan fingerprint density at radius 1 is 1.42 bits per heavy atom. The fraction of sp³-hybridized carbons (Fsp3) is 0.231. The molecule has 2 rings (SSSR count). The summed E-state index contributed by atoms with van der Waals surface area (Å²) in [5, 5.41) is 12.3. The Bertz CT molecular complexity index is 676. The van der Waals surface area contributed by atoms with Crippen molar-refractivity contribution in [2.75, 3.05) is 12.4 Å². The van der Waals surface area contributed by atoms with Gasteiger partial charge in [0.05, 0.1) is 12.8 Å². The van der Waals surface area contributed by atoms with Crippen LogP contribution >= 0.6 is 0 Å². The number of hydrogen-bond acceptors (Lipinski definition) is 5. The van der Waals surface area contributed by atoms with Gasteiger partial charge in [-0.1, -0.05) is 0 Å². The number of rotatable bonds is 4. The third-order valence-electron chi connectivity index (χ3n) is 2.69. The lowest BCUT2D eigenvalue weighted by atomic mass is 10.2. The number of ether oxygens (including phenoxy) is 1. The maximum absolute atomic E-state index is 11.5. The van der Waals surface area contributed by atoms with Crippen molar-refractivity contribution < 1.29 is 19.1 Å². The zero-order chi connectivity index (χ0) is 14.0. The molecule has 0 aliphatic rings. The standard InChI is InChI=1S/C13H13NO5/c1-7(13(16)17)14-10-6-12(15)19-11-5-8(18-2)3-4-9(10)11/h3-7,14H,1-2H3,(H,16,17)/t7-/m0/s1. The number of hydrogen-bond donors (Lipinski definition) is 2. The number of nitrogens with one attached hydrogen (secondary N) is 1. The summed E-state index contributed by atoms with van der Waals surface area (Å²) in [4.78, 5) is 22.3. The maximum atomic E-state index is 11.5. The van der Waals surface area contributed by atoms with Gasteiger partial charge in [0.15, 0.2) is 0 Å². The lowest BCUT2D eigenvalue weighted by Gasteiger charge is -2.12. The van der Waals surface area contributed by atoms with E-state index in [1.165, 1.54) is 20.1 Å². The van der Waals surface area contributed by atoms with Gasteiger partial charge in [-0.3, -0.25) is 4.79 Å². The minimum atomic E-state index is -1.00. The van der Waals surface area contributed by atoms with Crippen molar-refractivity contribution in [3.8, 4) is 5.75 Å². The Balaban J connectivity index is 2.54. The highest BCUT2D eigenvalue weighted by Gasteiger charge is 2.13. The number of methoxy groups -OCH3 is 1. The summed E-state index contributed by atoms with van der Waals surface area (Å²) in [6, 6.07) is 5.40. The second-order valence-corrected chi connectivity index (χ2v) is 4.05. The van der Waals surface area contributed by atoms with Crippen LogP contribution in [0.25, 0.3) is 11.0 Å². The lowest BCUT2D eigenvalue weighted by molar-refractivity contribution is -0.137. The molecule has 6 nitrogen and oxygen atoms in total. The lowest BCUT2D eigenvalue weighted by Crippen LogP contribution is -2.26. The molecule has 0 bridgehead atoms. The second-order valence-electron chi connectivity index (χ2n) is 4.05. The first kappa shape index (κ1) is 12.9. The Kier molecular flexibility index (Phi) is 3.41. The molecule has 2 aromatic rings. The summed E-state index contributed by atoms with van der Waals surface area (Å²) in [7, 11) is 1.51. The monoisotopic (exact) mass is 263 g/mol. The Morgan fingerprint density at radius 3 is 2.79 bits per heavy atom. The van der Waals surface area contributed by atoms with Gasteiger partial charge in [-0.2, -0.15) is 0 Å². The van der Waals surface area contributed by atoms with Crippen LogP contribution in [0.3, 0.4) is 0 Å². The molecule has 0 aliphatic carbocycles. The summed E-state index contributed by atoms with van der Waals surface area (Å²) >= 11 is 0. The molecule has 2 N–H and O–H groups in total. The topological polar surface area (TPSA) is 88.8 Å². The van der Waals surface area contributed by atoms with Crippen LogP contribution in [0.2, 0.25) is 0 Å². The van der Waals surface area contributed by atoms with Crippen molar-refractivity contribution in [1.82, 2.24) is 0 Å². The maximum Gasteiger partial charge on any atom is 0.338 e. The van der Waals surface area contributed by atoms with Crippen molar-refractivity contribution in [3.63, 3.8) is 0 Å². The molecule has 0 spiro atoms. The molecule has 0 saturated heterocycles. The first-order valence-corrected chi connectivity index (χ1v) is 5.62. The summed E-state index contributed by atoms with van der Waals surface area (Å²) in [5.74, 6) is -0.450. The molecule has 19 heavy (non-hydrogen) atoms. The predicted molar refractivity (Wildman–Crippen MR) is 69.8 cm³/mol. The molecule has 1 aromatic heterocycles. The zero-order valence-electron chi connectivity index (χ0n) is 10.5. The van der Waals surface area contributed by atoms with Crippen LogP contribution in [0.5, 0.6) is 5.75 Å². The van der Waals surface area contributed by atoms with Gasteiger partial charge >= 0.3 is 11.6 Å². The minimum absolute atomic E-state index is 0.340. The minimum Gasteiger partial charge on any atom is -0.497 e. The Hall–Kier alpha value is -2.50. The molecular formula is C13H13NO5. The summed E-state index contributed by atoms with van der Waals surface area (Å²) in [5.41, 5.74) is 0.205. The molecule has 0 aliphatic heterocycles. The molecule has 0 saturated carbocycles. The number of anilines is 1. The summed E-state index contributed by atoms with van der Waals surface area (Å²) in [6.07, 6.45) is 0. The molecule has 1 aromatic carbocycles. The normalized spacial score (nSPS) is 12.1. The number of carboxylic acids is 1. The molecule has 1 atom stereocenters. The molecule has 0 unspecified atom stereocenters. The third kappa shape index (κ3) is 2.67. The predicted octanol–water partition coefficient (Wildman–Crippen LogP) is 1.69. The van der Waals surface area contributed by atoms with Crippen LogP contribution in [0.4, 0.5) is 5.69 Å². The quantitative estimate of drug-likeness (QED) is 0.816. The Morgan fingerprint density at radius 2 is 2.16 bits per heavy atom. The smallest absolute Gasteiger partial charge is 0.338 e. The first-order valence-electron chi connectivity index (χ1n) is 5.62. The fourth-order valence-corrected chi connectivity index (χ4v) is 1.68. The van der Waals surface area contributed by atoms with Gasteiger partial charge in [0, 0.05) is 17.5 Å². The molecular weight excluding hydrogens is 250 g/mol. The van der Waals surface area contributed by atoms with Gasteiger partial charge in [-0.15, -0.1) is 0 Å². The van der Waals surface area contributed by atoms with E-state index in [1.54, 1.807) is 18.2 Å². The third-order valence-corrected chi connectivity index (χ3v) is 2.69. The molecule has 0 amide bonds. The number of aliphatic carboxylic acids is 1. The van der Waals surface area contributed by atoms with Gasteiger partial charge in [0.2, 0.25) is 0 Å². The van der Waals surface area contributed by atoms with Crippen molar-refractivity contribution in [2.24, 2.45) is 0 Å². The van der Waals surface area contributed by atoms with E-state index >= 15 is 0 Å². The Labute approximate surface area is 108 Å². The van der Waals surface area contributed by atoms with Crippen molar-refractivity contribution in [2.45, 2.75) is 13.0 Å². The van der Waals surface area contributed by atoms with Gasteiger partial charge in [-0.05, 0) is 19.1 Å². The number of benzene rings is 1. The van der Waals surface area contributed by atoms with Gasteiger partial charge in [0.25, 0.3) is 0 Å². The summed E-state index contributed by atoms with van der Waals surface area (Å²) < 4.78 is 10.1. The van der Waals surface area contributed by atoms with Crippen LogP contribution in [0.1, 0.15) is 6.92 Å². The van der Waals surface area contributed by atoms with Crippen LogP contribution in [-0.2, 0) is 4.79 Å². The number of fused-ring (bicyclic) bond motifs is 1. The molecule has 0 radical (unpaired) electrons. The molecule has 6 heteroatoms. The highest BCUT2D eigenvalue weighted by Crippen LogP contribution is 2.25. The largest absolute Gasteiger partial charge is 0.497 e.